The lowest BCUT2D eigenvalue weighted by molar-refractivity contribution is 0.104. The zero-order valence-corrected chi connectivity index (χ0v) is 15.7. The topological polar surface area (TPSA) is 52.1 Å². The Hall–Kier alpha value is -3.86. The van der Waals surface area contributed by atoms with Gasteiger partial charge in [-0.05, 0) is 67.1 Å². The first-order chi connectivity index (χ1) is 14.1. The van der Waals surface area contributed by atoms with Gasteiger partial charge in [-0.1, -0.05) is 30.3 Å². The number of hydrogen-bond acceptors (Lipinski definition) is 4. The zero-order chi connectivity index (χ0) is 20.2. The molecule has 0 aliphatic rings. The van der Waals surface area contributed by atoms with Crippen molar-refractivity contribution in [3.63, 3.8) is 0 Å². The summed E-state index contributed by atoms with van der Waals surface area (Å²) in [5.74, 6) is 1.21. The second-order valence-electron chi connectivity index (χ2n) is 6.47. The summed E-state index contributed by atoms with van der Waals surface area (Å²) < 4.78 is 18.9. The lowest BCUT2D eigenvalue weighted by atomic mass is 10.1. The molecule has 4 aromatic rings. The van der Waals surface area contributed by atoms with Crippen LogP contribution in [0.3, 0.4) is 0 Å². The number of aromatic nitrogens is 2. The molecule has 0 unspecified atom stereocenters. The molecule has 0 saturated heterocycles. The maximum absolute atomic E-state index is 12.9. The van der Waals surface area contributed by atoms with Gasteiger partial charge >= 0.3 is 0 Å². The Bertz CT molecular complexity index is 1200. The molecule has 0 N–H and O–H groups in total. The number of para-hydroxylation sites is 1. The lowest BCUT2D eigenvalue weighted by Crippen LogP contribution is -1.97. The van der Waals surface area contributed by atoms with E-state index in [2.05, 4.69) is 9.97 Å². The number of ether oxygens (including phenoxy) is 1. The minimum atomic E-state index is -0.310. The van der Waals surface area contributed by atoms with E-state index in [-0.39, 0.29) is 11.6 Å². The van der Waals surface area contributed by atoms with Crippen LogP contribution in [0.4, 0.5) is 4.39 Å². The summed E-state index contributed by atoms with van der Waals surface area (Å²) in [5.41, 5.74) is 2.10. The number of benzene rings is 3. The Labute approximate surface area is 167 Å². The van der Waals surface area contributed by atoms with Gasteiger partial charge in [-0.3, -0.25) is 4.79 Å². The van der Waals surface area contributed by atoms with E-state index < -0.39 is 0 Å². The number of halogens is 1. The van der Waals surface area contributed by atoms with Crippen molar-refractivity contribution in [2.45, 2.75) is 6.92 Å². The molecule has 3 aromatic carbocycles. The van der Waals surface area contributed by atoms with E-state index in [1.54, 1.807) is 42.5 Å². The third kappa shape index (κ3) is 4.35. The SMILES string of the molecule is Cc1nc(Oc2ccc(C(=O)/C=C/c3ccc(F)cc3)cc2)c2ccccc2n1. The monoisotopic (exact) mass is 384 g/mol. The maximum Gasteiger partial charge on any atom is 0.230 e. The number of nitrogens with zero attached hydrogens (tertiary/aromatic N) is 2. The second kappa shape index (κ2) is 8.02. The van der Waals surface area contributed by atoms with Crippen molar-refractivity contribution in [1.29, 1.82) is 0 Å². The smallest absolute Gasteiger partial charge is 0.230 e. The highest BCUT2D eigenvalue weighted by atomic mass is 19.1. The molecular formula is C24H17FN2O2. The summed E-state index contributed by atoms with van der Waals surface area (Å²) in [6.45, 7) is 1.81. The van der Waals surface area contributed by atoms with Crippen LogP contribution in [-0.2, 0) is 0 Å². The maximum atomic E-state index is 12.9. The second-order valence-corrected chi connectivity index (χ2v) is 6.47. The summed E-state index contributed by atoms with van der Waals surface area (Å²) in [7, 11) is 0. The van der Waals surface area contributed by atoms with Crippen LogP contribution >= 0.6 is 0 Å². The molecule has 1 aromatic heterocycles. The number of allylic oxidation sites excluding steroid dienone is 1. The quantitative estimate of drug-likeness (QED) is 0.324. The zero-order valence-electron chi connectivity index (χ0n) is 15.7. The molecule has 0 aliphatic carbocycles. The Balaban J connectivity index is 1.51. The van der Waals surface area contributed by atoms with Gasteiger partial charge in [0.05, 0.1) is 10.9 Å². The average Bonchev–Trinajstić information content (AvgIpc) is 2.73. The highest BCUT2D eigenvalue weighted by molar-refractivity contribution is 6.06. The minimum Gasteiger partial charge on any atom is -0.438 e. The molecule has 142 valence electrons. The molecular weight excluding hydrogens is 367 g/mol. The summed E-state index contributed by atoms with van der Waals surface area (Å²) in [6.07, 6.45) is 3.12. The van der Waals surface area contributed by atoms with E-state index in [1.165, 1.54) is 18.2 Å². The van der Waals surface area contributed by atoms with Crippen molar-refractivity contribution in [2.24, 2.45) is 0 Å². The van der Waals surface area contributed by atoms with Crippen LogP contribution in [0.25, 0.3) is 17.0 Å². The summed E-state index contributed by atoms with van der Waals surface area (Å²) >= 11 is 0. The van der Waals surface area contributed by atoms with Crippen molar-refractivity contribution in [3.05, 3.63) is 102 Å². The van der Waals surface area contributed by atoms with Gasteiger partial charge in [-0.2, -0.15) is 4.98 Å². The fourth-order valence-corrected chi connectivity index (χ4v) is 2.88. The number of carbonyl (C=O) groups excluding carboxylic acids is 1. The van der Waals surface area contributed by atoms with Crippen molar-refractivity contribution >= 4 is 22.8 Å². The van der Waals surface area contributed by atoms with E-state index in [0.29, 0.717) is 23.0 Å². The van der Waals surface area contributed by atoms with E-state index in [0.717, 1.165) is 16.5 Å². The molecule has 0 spiro atoms. The Morgan fingerprint density at radius 3 is 2.41 bits per heavy atom. The van der Waals surface area contributed by atoms with Gasteiger partial charge in [0, 0.05) is 5.56 Å². The fourth-order valence-electron chi connectivity index (χ4n) is 2.88. The third-order valence-electron chi connectivity index (χ3n) is 4.33. The molecule has 0 saturated carbocycles. The van der Waals surface area contributed by atoms with E-state index in [9.17, 15) is 9.18 Å². The van der Waals surface area contributed by atoms with Crippen LogP contribution in [0.5, 0.6) is 11.6 Å². The molecule has 29 heavy (non-hydrogen) atoms. The third-order valence-corrected chi connectivity index (χ3v) is 4.33. The van der Waals surface area contributed by atoms with Crippen molar-refractivity contribution in [3.8, 4) is 11.6 Å². The van der Waals surface area contributed by atoms with Crippen LogP contribution < -0.4 is 4.74 Å². The van der Waals surface area contributed by atoms with E-state index in [4.69, 9.17) is 4.74 Å². The van der Waals surface area contributed by atoms with E-state index in [1.807, 2.05) is 31.2 Å². The molecule has 0 aliphatic heterocycles. The van der Waals surface area contributed by atoms with Gasteiger partial charge in [-0.15, -0.1) is 0 Å². The number of carbonyl (C=O) groups is 1. The molecule has 4 rings (SSSR count). The molecule has 0 amide bonds. The summed E-state index contributed by atoms with van der Waals surface area (Å²) in [5, 5.41) is 0.820. The van der Waals surface area contributed by atoms with Gasteiger partial charge < -0.3 is 4.74 Å². The van der Waals surface area contributed by atoms with Gasteiger partial charge in [0.2, 0.25) is 5.88 Å². The van der Waals surface area contributed by atoms with Crippen molar-refractivity contribution in [1.82, 2.24) is 9.97 Å². The van der Waals surface area contributed by atoms with Crippen LogP contribution in [0.15, 0.2) is 78.9 Å². The summed E-state index contributed by atoms with van der Waals surface area (Å²) in [4.78, 5) is 21.1. The van der Waals surface area contributed by atoms with Crippen LogP contribution in [0.2, 0.25) is 0 Å². The Morgan fingerprint density at radius 2 is 1.66 bits per heavy atom. The fraction of sp³-hybridized carbons (Fsp3) is 0.0417. The normalized spacial score (nSPS) is 11.1. The predicted molar refractivity (Wildman–Crippen MR) is 111 cm³/mol. The molecule has 0 atom stereocenters. The number of ketones is 1. The van der Waals surface area contributed by atoms with Crippen LogP contribution in [-0.4, -0.2) is 15.8 Å². The lowest BCUT2D eigenvalue weighted by Gasteiger charge is -2.09. The molecule has 1 heterocycles. The highest BCUT2D eigenvalue weighted by Crippen LogP contribution is 2.27. The first kappa shape index (κ1) is 18.5. The standard InChI is InChI=1S/C24H17FN2O2/c1-16-26-22-5-3-2-4-21(22)24(27-16)29-20-13-9-18(10-14-20)23(28)15-8-17-6-11-19(25)12-7-17/h2-15H,1H3/b15-8+. The van der Waals surface area contributed by atoms with Gasteiger partial charge in [0.1, 0.15) is 17.4 Å². The number of aryl methyl sites for hydroxylation is 1. The Morgan fingerprint density at radius 1 is 0.931 bits per heavy atom. The largest absolute Gasteiger partial charge is 0.438 e. The average molecular weight is 384 g/mol. The Kier molecular flexibility index (Phi) is 5.12. The van der Waals surface area contributed by atoms with Crippen molar-refractivity contribution < 1.29 is 13.9 Å². The summed E-state index contributed by atoms with van der Waals surface area (Å²) in [6, 6.07) is 20.4. The molecule has 0 fully saturated rings. The van der Waals surface area contributed by atoms with Crippen LogP contribution in [0, 0.1) is 12.7 Å². The predicted octanol–water partition coefficient (Wildman–Crippen LogP) is 5.77. The number of hydrogen-bond donors (Lipinski definition) is 0. The van der Waals surface area contributed by atoms with Crippen LogP contribution in [0.1, 0.15) is 21.7 Å². The van der Waals surface area contributed by atoms with Gasteiger partial charge in [0.15, 0.2) is 5.78 Å². The molecule has 5 heteroatoms. The van der Waals surface area contributed by atoms with Gasteiger partial charge in [-0.25, -0.2) is 9.37 Å². The van der Waals surface area contributed by atoms with Crippen molar-refractivity contribution in [2.75, 3.05) is 0 Å². The first-order valence-corrected chi connectivity index (χ1v) is 9.08. The highest BCUT2D eigenvalue weighted by Gasteiger charge is 2.09. The number of rotatable bonds is 5. The molecule has 4 nitrogen and oxygen atoms in total. The molecule has 0 bridgehead atoms. The number of fused-ring (bicyclic) bond motifs is 1. The first-order valence-electron chi connectivity index (χ1n) is 9.08. The molecule has 0 radical (unpaired) electrons. The van der Waals surface area contributed by atoms with E-state index >= 15 is 0 Å². The van der Waals surface area contributed by atoms with Gasteiger partial charge in [0.25, 0.3) is 0 Å². The minimum absolute atomic E-state index is 0.149.